The summed E-state index contributed by atoms with van der Waals surface area (Å²) in [7, 11) is 0. The first-order valence-electron chi connectivity index (χ1n) is 15.9. The van der Waals surface area contributed by atoms with Crippen LogP contribution in [-0.4, -0.2) is 45.3 Å². The molecule has 2 fully saturated rings. The second-order valence-corrected chi connectivity index (χ2v) is 13.3. The number of nitrogens with two attached hydrogens (primary N) is 1. The molecule has 2 aliphatic rings. The van der Waals surface area contributed by atoms with Crippen LogP contribution in [0.1, 0.15) is 84.9 Å². The SMILES string of the molecule is Cc1cc(F)ccc1[C@H]1C[C@]2(CCC(=O)N2C(=O)OCc2ccccc2)CCN1C(=O)C(C)(N)[C@H](C)c1cc(C(F)(F)F)cc(C(F)(F)F)c1. The monoisotopic (exact) mass is 707 g/mol. The fraction of sp³-hybridized carbons (Fsp3) is 0.417. The van der Waals surface area contributed by atoms with Gasteiger partial charge in [0.05, 0.1) is 28.2 Å². The maximum absolute atomic E-state index is 14.4. The Balaban J connectivity index is 1.50. The van der Waals surface area contributed by atoms with Crippen LogP contribution in [0.4, 0.5) is 35.5 Å². The molecule has 50 heavy (non-hydrogen) atoms. The van der Waals surface area contributed by atoms with E-state index in [2.05, 4.69) is 0 Å². The summed E-state index contributed by atoms with van der Waals surface area (Å²) in [6.45, 7) is 3.93. The van der Waals surface area contributed by atoms with Gasteiger partial charge in [-0.2, -0.15) is 26.3 Å². The van der Waals surface area contributed by atoms with Crippen molar-refractivity contribution in [3.8, 4) is 0 Å². The first-order valence-corrected chi connectivity index (χ1v) is 15.9. The van der Waals surface area contributed by atoms with Gasteiger partial charge in [-0.1, -0.05) is 43.3 Å². The van der Waals surface area contributed by atoms with E-state index < -0.39 is 75.8 Å². The molecular formula is C36H36F7N3O4. The van der Waals surface area contributed by atoms with Crippen molar-refractivity contribution in [2.45, 2.75) is 88.5 Å². The van der Waals surface area contributed by atoms with Gasteiger partial charge in [0, 0.05) is 18.9 Å². The van der Waals surface area contributed by atoms with Gasteiger partial charge in [-0.25, -0.2) is 14.1 Å². The van der Waals surface area contributed by atoms with Crippen LogP contribution >= 0.6 is 0 Å². The lowest BCUT2D eigenvalue weighted by atomic mass is 9.75. The van der Waals surface area contributed by atoms with E-state index in [1.165, 1.54) is 36.9 Å². The number of carbonyl (C=O) groups excluding carboxylic acids is 3. The highest BCUT2D eigenvalue weighted by Crippen LogP contribution is 2.48. The molecule has 0 saturated carbocycles. The number of piperidine rings is 1. The number of imide groups is 1. The maximum atomic E-state index is 14.4. The Hall–Kier alpha value is -4.46. The number of amides is 3. The number of alkyl halides is 6. The van der Waals surface area contributed by atoms with Crippen molar-refractivity contribution in [1.29, 1.82) is 0 Å². The molecule has 14 heteroatoms. The molecule has 7 nitrogen and oxygen atoms in total. The van der Waals surface area contributed by atoms with Gasteiger partial charge in [-0.3, -0.25) is 9.59 Å². The molecule has 1 unspecified atom stereocenters. The van der Waals surface area contributed by atoms with E-state index in [-0.39, 0.29) is 44.9 Å². The zero-order valence-corrected chi connectivity index (χ0v) is 27.5. The van der Waals surface area contributed by atoms with Crippen LogP contribution in [0, 0.1) is 12.7 Å². The van der Waals surface area contributed by atoms with Crippen molar-refractivity contribution >= 4 is 17.9 Å². The molecule has 2 saturated heterocycles. The molecule has 0 bridgehead atoms. The van der Waals surface area contributed by atoms with Crippen LogP contribution < -0.4 is 5.73 Å². The molecule has 2 heterocycles. The number of hydrogen-bond acceptors (Lipinski definition) is 5. The minimum absolute atomic E-state index is 0.00280. The van der Waals surface area contributed by atoms with E-state index in [1.54, 1.807) is 37.3 Å². The fourth-order valence-electron chi connectivity index (χ4n) is 7.00. The number of likely N-dealkylation sites (tertiary alicyclic amines) is 2. The minimum atomic E-state index is -5.11. The second-order valence-electron chi connectivity index (χ2n) is 13.3. The molecule has 0 aliphatic carbocycles. The highest BCUT2D eigenvalue weighted by atomic mass is 19.4. The van der Waals surface area contributed by atoms with Gasteiger partial charge in [-0.05, 0) is 85.7 Å². The lowest BCUT2D eigenvalue weighted by molar-refractivity contribution is -0.144. The number of hydrogen-bond donors (Lipinski definition) is 1. The van der Waals surface area contributed by atoms with E-state index >= 15 is 0 Å². The van der Waals surface area contributed by atoms with E-state index in [0.29, 0.717) is 28.8 Å². The summed E-state index contributed by atoms with van der Waals surface area (Å²) in [5.41, 5.74) is 1.51. The smallest absolute Gasteiger partial charge is 0.417 e. The molecule has 4 atom stereocenters. The Labute approximate surface area is 284 Å². The lowest BCUT2D eigenvalue weighted by Crippen LogP contribution is -2.62. The average molecular weight is 708 g/mol. The molecule has 3 aromatic rings. The quantitative estimate of drug-likeness (QED) is 0.262. The van der Waals surface area contributed by atoms with Gasteiger partial charge in [0.15, 0.2) is 0 Å². The number of carbonyl (C=O) groups is 3. The van der Waals surface area contributed by atoms with Gasteiger partial charge in [0.2, 0.25) is 11.8 Å². The summed E-state index contributed by atoms with van der Waals surface area (Å²) >= 11 is 0. The lowest BCUT2D eigenvalue weighted by Gasteiger charge is -2.50. The zero-order valence-electron chi connectivity index (χ0n) is 27.5. The number of halogens is 7. The third kappa shape index (κ3) is 7.21. The van der Waals surface area contributed by atoms with Crippen molar-refractivity contribution in [1.82, 2.24) is 9.80 Å². The third-order valence-corrected chi connectivity index (χ3v) is 10.0. The molecule has 268 valence electrons. The third-order valence-electron chi connectivity index (χ3n) is 10.0. The molecular weight excluding hydrogens is 671 g/mol. The molecule has 0 aromatic heterocycles. The van der Waals surface area contributed by atoms with Crippen molar-refractivity contribution in [2.75, 3.05) is 6.54 Å². The van der Waals surface area contributed by atoms with Crippen molar-refractivity contribution in [3.63, 3.8) is 0 Å². The Morgan fingerprint density at radius 3 is 2.16 bits per heavy atom. The van der Waals surface area contributed by atoms with Crippen molar-refractivity contribution < 1.29 is 49.9 Å². The number of nitrogens with zero attached hydrogens (tertiary/aromatic N) is 2. The zero-order chi connectivity index (χ0) is 36.8. The highest BCUT2D eigenvalue weighted by Gasteiger charge is 2.55. The number of aryl methyl sites for hydroxylation is 1. The van der Waals surface area contributed by atoms with E-state index in [4.69, 9.17) is 10.5 Å². The van der Waals surface area contributed by atoms with Gasteiger partial charge < -0.3 is 15.4 Å². The Bertz CT molecular complexity index is 1750. The predicted octanol–water partition coefficient (Wildman–Crippen LogP) is 8.05. The summed E-state index contributed by atoms with van der Waals surface area (Å²) in [6, 6.07) is 12.9. The molecule has 2 aliphatic heterocycles. The van der Waals surface area contributed by atoms with Gasteiger partial charge in [-0.15, -0.1) is 0 Å². The Morgan fingerprint density at radius 1 is 0.960 bits per heavy atom. The second kappa shape index (κ2) is 13.3. The highest BCUT2D eigenvalue weighted by molar-refractivity contribution is 5.95. The summed E-state index contributed by atoms with van der Waals surface area (Å²) in [5, 5.41) is 0. The standard InChI is InChI=1S/C36H36F7N3O4/c1-21-15-27(37)9-10-28(21)29-19-34(12-11-30(47)46(34)32(49)50-20-23-7-5-4-6-8-23)13-14-45(29)31(48)33(3,44)22(2)24-16-25(35(38,39)40)18-26(17-24)36(41,42)43/h4-10,15-18,22,29H,11-14,19-20,44H2,1-3H3/t22-,29-,33?,34+/m1/s1. The van der Waals surface area contributed by atoms with Crippen LogP contribution in [0.5, 0.6) is 0 Å². The normalized spacial score (nSPS) is 21.7. The van der Waals surface area contributed by atoms with Crippen molar-refractivity contribution in [2.24, 2.45) is 5.73 Å². The largest absolute Gasteiger partial charge is 0.444 e. The van der Waals surface area contributed by atoms with Crippen LogP contribution in [0.15, 0.2) is 66.7 Å². The fourth-order valence-corrected chi connectivity index (χ4v) is 7.00. The first-order chi connectivity index (χ1) is 23.2. The summed E-state index contributed by atoms with van der Waals surface area (Å²) in [6.07, 6.45) is -10.7. The molecule has 3 aromatic carbocycles. The van der Waals surface area contributed by atoms with E-state index in [0.717, 1.165) is 4.90 Å². The first kappa shape index (κ1) is 36.8. The van der Waals surface area contributed by atoms with Gasteiger partial charge in [0.1, 0.15) is 12.4 Å². The van der Waals surface area contributed by atoms with Crippen LogP contribution in [-0.2, 0) is 33.3 Å². The summed E-state index contributed by atoms with van der Waals surface area (Å²) < 4.78 is 102. The van der Waals surface area contributed by atoms with Gasteiger partial charge >= 0.3 is 18.4 Å². The van der Waals surface area contributed by atoms with E-state index in [9.17, 15) is 45.1 Å². The maximum Gasteiger partial charge on any atom is 0.417 e. The molecule has 3 amide bonds. The molecule has 1 spiro atoms. The predicted molar refractivity (Wildman–Crippen MR) is 168 cm³/mol. The van der Waals surface area contributed by atoms with Crippen LogP contribution in [0.25, 0.3) is 0 Å². The average Bonchev–Trinajstić information content (AvgIpc) is 3.36. The minimum Gasteiger partial charge on any atom is -0.444 e. The molecule has 0 radical (unpaired) electrons. The number of benzene rings is 3. The Kier molecular flexibility index (Phi) is 9.83. The van der Waals surface area contributed by atoms with Gasteiger partial charge in [0.25, 0.3) is 0 Å². The van der Waals surface area contributed by atoms with Crippen LogP contribution in [0.3, 0.4) is 0 Å². The van der Waals surface area contributed by atoms with E-state index in [1.807, 2.05) is 0 Å². The molecule has 5 rings (SSSR count). The molecule has 2 N–H and O–H groups in total. The topological polar surface area (TPSA) is 92.9 Å². The summed E-state index contributed by atoms with van der Waals surface area (Å²) in [4.78, 5) is 43.5. The summed E-state index contributed by atoms with van der Waals surface area (Å²) in [5.74, 6) is -3.16. The Morgan fingerprint density at radius 2 is 1.58 bits per heavy atom. The van der Waals surface area contributed by atoms with Crippen molar-refractivity contribution in [3.05, 3.63) is 106 Å². The number of ether oxygens (including phenoxy) is 1. The number of rotatable bonds is 6. The van der Waals surface area contributed by atoms with Crippen LogP contribution in [0.2, 0.25) is 0 Å².